The number of nitrogens with one attached hydrogen (secondary N) is 4. The quantitative estimate of drug-likeness (QED) is 0.0648. The van der Waals surface area contributed by atoms with E-state index in [9.17, 15) is 27.9 Å². The summed E-state index contributed by atoms with van der Waals surface area (Å²) in [7, 11) is -4.06. The van der Waals surface area contributed by atoms with E-state index >= 15 is 0 Å². The average molecular weight is 646 g/mol. The lowest BCUT2D eigenvalue weighted by Crippen LogP contribution is -2.55. The number of aliphatic hydroxyl groups is 1. The first-order valence-electron chi connectivity index (χ1n) is 15.0. The van der Waals surface area contributed by atoms with Gasteiger partial charge in [0, 0.05) is 13.1 Å². The maximum Gasteiger partial charge on any atom is 0.242 e. The normalized spacial score (nSPS) is 14.1. The SMILES string of the molecule is CC(C)C[C@H](NC(=O)[C@H](C)NC(=O)[C@H](CCCN=C(N)N)NS(=O)(=O)c1ccccc1)[C@@H](O)CC(=O)NCCc1ccccc1. The fourth-order valence-electron chi connectivity index (χ4n) is 4.50. The molecule has 0 bridgehead atoms. The lowest BCUT2D eigenvalue weighted by Gasteiger charge is -2.27. The largest absolute Gasteiger partial charge is 0.390 e. The van der Waals surface area contributed by atoms with Crippen LogP contribution in [-0.2, 0) is 30.8 Å². The highest BCUT2D eigenvalue weighted by atomic mass is 32.2. The van der Waals surface area contributed by atoms with Gasteiger partial charge in [-0.15, -0.1) is 0 Å². The van der Waals surface area contributed by atoms with Crippen molar-refractivity contribution in [2.24, 2.45) is 22.4 Å². The number of nitrogens with two attached hydrogens (primary N) is 2. The Balaban J connectivity index is 2.02. The van der Waals surface area contributed by atoms with Crippen molar-refractivity contribution in [3.63, 3.8) is 0 Å². The zero-order valence-electron chi connectivity index (χ0n) is 26.1. The van der Waals surface area contributed by atoms with Crippen molar-refractivity contribution in [2.45, 2.75) is 82.0 Å². The summed E-state index contributed by atoms with van der Waals surface area (Å²) in [6.45, 7) is 5.86. The minimum Gasteiger partial charge on any atom is -0.390 e. The van der Waals surface area contributed by atoms with E-state index < -0.39 is 46.1 Å². The highest BCUT2D eigenvalue weighted by Gasteiger charge is 2.30. The molecule has 4 atom stereocenters. The van der Waals surface area contributed by atoms with Crippen molar-refractivity contribution in [1.29, 1.82) is 0 Å². The number of aliphatic imine (C=N–C) groups is 1. The lowest BCUT2D eigenvalue weighted by molar-refractivity contribution is -0.131. The molecule has 0 saturated heterocycles. The molecule has 2 rings (SSSR count). The van der Waals surface area contributed by atoms with Gasteiger partial charge in [0.15, 0.2) is 5.96 Å². The molecule has 0 radical (unpaired) electrons. The topological polar surface area (TPSA) is 218 Å². The molecule has 9 N–H and O–H groups in total. The Morgan fingerprint density at radius 2 is 1.53 bits per heavy atom. The number of nitrogens with zero attached hydrogens (tertiary/aromatic N) is 1. The third kappa shape index (κ3) is 14.1. The van der Waals surface area contributed by atoms with Gasteiger partial charge in [0.1, 0.15) is 12.1 Å². The molecule has 248 valence electrons. The van der Waals surface area contributed by atoms with Crippen molar-refractivity contribution in [3.8, 4) is 0 Å². The Morgan fingerprint density at radius 1 is 0.911 bits per heavy atom. The van der Waals surface area contributed by atoms with E-state index in [4.69, 9.17) is 11.5 Å². The number of guanidine groups is 1. The summed E-state index contributed by atoms with van der Waals surface area (Å²) in [6.07, 6.45) is -0.0253. The molecule has 0 aliphatic heterocycles. The van der Waals surface area contributed by atoms with E-state index in [2.05, 4.69) is 25.7 Å². The second-order valence-electron chi connectivity index (χ2n) is 11.3. The molecule has 2 aromatic carbocycles. The Kier molecular flexibility index (Phi) is 15.5. The fraction of sp³-hybridized carbons (Fsp3) is 0.484. The van der Waals surface area contributed by atoms with Crippen molar-refractivity contribution in [3.05, 3.63) is 66.2 Å². The molecule has 14 heteroatoms. The predicted molar refractivity (Wildman–Crippen MR) is 173 cm³/mol. The maximum atomic E-state index is 13.2. The molecule has 0 aliphatic carbocycles. The van der Waals surface area contributed by atoms with Crippen molar-refractivity contribution in [2.75, 3.05) is 13.1 Å². The average Bonchev–Trinajstić information content (AvgIpc) is 2.98. The molecular formula is C31H47N7O6S. The number of benzene rings is 2. The summed E-state index contributed by atoms with van der Waals surface area (Å²) >= 11 is 0. The van der Waals surface area contributed by atoms with Crippen molar-refractivity contribution in [1.82, 2.24) is 20.7 Å². The maximum absolute atomic E-state index is 13.2. The molecular weight excluding hydrogens is 598 g/mol. The Bertz CT molecular complexity index is 1350. The number of carbonyl (C=O) groups excluding carboxylic acids is 3. The number of hydrogen-bond acceptors (Lipinski definition) is 7. The van der Waals surface area contributed by atoms with Crippen LogP contribution in [0.15, 0.2) is 70.6 Å². The van der Waals surface area contributed by atoms with Crippen LogP contribution in [0.25, 0.3) is 0 Å². The number of amides is 3. The highest BCUT2D eigenvalue weighted by Crippen LogP contribution is 2.13. The minimum atomic E-state index is -4.06. The molecule has 13 nitrogen and oxygen atoms in total. The van der Waals surface area contributed by atoms with E-state index in [0.29, 0.717) is 19.4 Å². The first kappa shape index (κ1) is 37.2. The van der Waals surface area contributed by atoms with Gasteiger partial charge < -0.3 is 32.5 Å². The Morgan fingerprint density at radius 3 is 2.13 bits per heavy atom. The van der Waals surface area contributed by atoms with Gasteiger partial charge in [-0.1, -0.05) is 62.4 Å². The molecule has 0 heterocycles. The molecule has 0 spiro atoms. The molecule has 3 amide bonds. The molecule has 0 saturated carbocycles. The number of rotatable bonds is 19. The summed E-state index contributed by atoms with van der Waals surface area (Å²) < 4.78 is 28.3. The summed E-state index contributed by atoms with van der Waals surface area (Å²) in [6, 6.07) is 14.2. The van der Waals surface area contributed by atoms with Crippen LogP contribution in [0.2, 0.25) is 0 Å². The van der Waals surface area contributed by atoms with Gasteiger partial charge in [-0.2, -0.15) is 4.72 Å². The van der Waals surface area contributed by atoms with Crippen LogP contribution in [0, 0.1) is 5.92 Å². The zero-order valence-corrected chi connectivity index (χ0v) is 26.9. The predicted octanol–water partition coefficient (Wildman–Crippen LogP) is 0.533. The van der Waals surface area contributed by atoms with E-state index in [-0.39, 0.29) is 48.5 Å². The standard InChI is InChI=1S/C31H47N7O6S/c1-21(2)19-26(27(39)20-28(40)34-18-16-23-11-6-4-7-12-23)37-29(41)22(3)36-30(42)25(15-10-17-35-31(32)33)38-45(43,44)24-13-8-5-9-14-24/h4-9,11-14,21-22,25-27,38-39H,10,15-20H2,1-3H3,(H,34,40)(H,36,42)(H,37,41)(H4,32,33,35)/t22-,25-,26-,27-/m0/s1. The second-order valence-corrected chi connectivity index (χ2v) is 13.0. The molecule has 45 heavy (non-hydrogen) atoms. The summed E-state index contributed by atoms with van der Waals surface area (Å²) in [5, 5.41) is 19.0. The van der Waals surface area contributed by atoms with Crippen LogP contribution in [0.4, 0.5) is 0 Å². The van der Waals surface area contributed by atoms with Gasteiger partial charge in [-0.25, -0.2) is 8.42 Å². The Labute approximate surface area is 265 Å². The van der Waals surface area contributed by atoms with Crippen LogP contribution < -0.4 is 32.1 Å². The Hall–Kier alpha value is -4.01. The van der Waals surface area contributed by atoms with Crippen molar-refractivity contribution < 1.29 is 27.9 Å². The van der Waals surface area contributed by atoms with E-state index in [0.717, 1.165) is 5.56 Å². The van der Waals surface area contributed by atoms with E-state index in [1.807, 2.05) is 44.2 Å². The highest BCUT2D eigenvalue weighted by molar-refractivity contribution is 7.89. The molecule has 0 aliphatic rings. The zero-order chi connectivity index (χ0) is 33.4. The number of carbonyl (C=O) groups is 3. The number of hydrogen-bond donors (Lipinski definition) is 7. The third-order valence-corrected chi connectivity index (χ3v) is 8.34. The minimum absolute atomic E-state index is 0.0209. The van der Waals surface area contributed by atoms with Gasteiger partial charge in [0.25, 0.3) is 0 Å². The molecule has 0 aromatic heterocycles. The molecule has 2 aromatic rings. The van der Waals surface area contributed by atoms with Crippen LogP contribution in [0.3, 0.4) is 0 Å². The molecule has 0 unspecified atom stereocenters. The van der Waals surface area contributed by atoms with Crippen LogP contribution in [0.1, 0.15) is 52.0 Å². The van der Waals surface area contributed by atoms with Crippen molar-refractivity contribution >= 4 is 33.7 Å². The van der Waals surface area contributed by atoms with Gasteiger partial charge >= 0.3 is 0 Å². The van der Waals surface area contributed by atoms with Crippen LogP contribution in [-0.4, -0.2) is 74.5 Å². The van der Waals surface area contributed by atoms with Crippen LogP contribution in [0.5, 0.6) is 0 Å². The summed E-state index contributed by atoms with van der Waals surface area (Å²) in [5.41, 5.74) is 11.8. The van der Waals surface area contributed by atoms with Gasteiger partial charge in [-0.3, -0.25) is 19.4 Å². The third-order valence-electron chi connectivity index (χ3n) is 6.86. The fourth-order valence-corrected chi connectivity index (χ4v) is 5.76. The van der Waals surface area contributed by atoms with Gasteiger partial charge in [0.2, 0.25) is 27.7 Å². The van der Waals surface area contributed by atoms with E-state index in [1.165, 1.54) is 19.1 Å². The smallest absolute Gasteiger partial charge is 0.242 e. The van der Waals surface area contributed by atoms with Gasteiger partial charge in [0.05, 0.1) is 23.5 Å². The van der Waals surface area contributed by atoms with Gasteiger partial charge in [-0.05, 0) is 56.2 Å². The van der Waals surface area contributed by atoms with E-state index in [1.54, 1.807) is 18.2 Å². The lowest BCUT2D eigenvalue weighted by atomic mass is 9.96. The van der Waals surface area contributed by atoms with Crippen LogP contribution >= 0.6 is 0 Å². The number of sulfonamides is 1. The monoisotopic (exact) mass is 645 g/mol. The summed E-state index contributed by atoms with van der Waals surface area (Å²) in [4.78, 5) is 42.7. The molecule has 0 fully saturated rings. The first-order chi connectivity index (χ1) is 21.3. The summed E-state index contributed by atoms with van der Waals surface area (Å²) in [5.74, 6) is -1.72. The first-order valence-corrected chi connectivity index (χ1v) is 16.5. The second kappa shape index (κ2) is 18.7. The number of aliphatic hydroxyl groups excluding tert-OH is 1.